The van der Waals surface area contributed by atoms with E-state index < -0.39 is 0 Å². The van der Waals surface area contributed by atoms with Crippen LogP contribution in [0.5, 0.6) is 0 Å². The number of pyridine rings is 1. The lowest BCUT2D eigenvalue weighted by atomic mass is 10.2. The third kappa shape index (κ3) is 4.06. The molecule has 1 atom stereocenters. The van der Waals surface area contributed by atoms with Crippen LogP contribution in [0.2, 0.25) is 5.15 Å². The summed E-state index contributed by atoms with van der Waals surface area (Å²) in [7, 11) is 0. The standard InChI is InChI=1S/C15H18ClN3O2/c1-11(5-4-10-20)17-14(21)8-7-12-15(16)18-13-6-2-3-9-19(12)13/h2-3,6-9,11,20H,4-5,10H2,1H3,(H,17,21)/b8-7+. The molecule has 0 aliphatic rings. The molecule has 0 fully saturated rings. The summed E-state index contributed by atoms with van der Waals surface area (Å²) in [6.07, 6.45) is 6.35. The van der Waals surface area contributed by atoms with Crippen LogP contribution in [-0.2, 0) is 4.79 Å². The van der Waals surface area contributed by atoms with Gasteiger partial charge in [-0.1, -0.05) is 17.7 Å². The second-order valence-electron chi connectivity index (χ2n) is 4.83. The molecule has 5 nitrogen and oxygen atoms in total. The predicted molar refractivity (Wildman–Crippen MR) is 83.2 cm³/mol. The number of halogens is 1. The second kappa shape index (κ2) is 7.24. The van der Waals surface area contributed by atoms with Gasteiger partial charge in [-0.3, -0.25) is 9.20 Å². The van der Waals surface area contributed by atoms with Gasteiger partial charge in [-0.2, -0.15) is 0 Å². The Balaban J connectivity index is 2.05. The Hall–Kier alpha value is -1.85. The number of amides is 1. The largest absolute Gasteiger partial charge is 0.396 e. The Morgan fingerprint density at radius 3 is 3.14 bits per heavy atom. The van der Waals surface area contributed by atoms with E-state index in [0.717, 1.165) is 12.1 Å². The number of nitrogens with one attached hydrogen (secondary N) is 1. The van der Waals surface area contributed by atoms with E-state index in [9.17, 15) is 4.79 Å². The number of nitrogens with zero attached hydrogens (tertiary/aromatic N) is 2. The number of rotatable bonds is 6. The normalized spacial score (nSPS) is 12.9. The zero-order valence-corrected chi connectivity index (χ0v) is 12.5. The molecule has 0 spiro atoms. The molecule has 2 N–H and O–H groups in total. The second-order valence-corrected chi connectivity index (χ2v) is 5.18. The minimum Gasteiger partial charge on any atom is -0.396 e. The molecule has 112 valence electrons. The van der Waals surface area contributed by atoms with E-state index in [2.05, 4.69) is 10.3 Å². The summed E-state index contributed by atoms with van der Waals surface area (Å²) in [5, 5.41) is 12.0. The molecule has 0 radical (unpaired) electrons. The Bertz CT molecular complexity index is 651. The van der Waals surface area contributed by atoms with Crippen LogP contribution < -0.4 is 5.32 Å². The first kappa shape index (κ1) is 15.5. The first-order chi connectivity index (χ1) is 10.1. The highest BCUT2D eigenvalue weighted by molar-refractivity contribution is 6.31. The molecule has 0 saturated heterocycles. The van der Waals surface area contributed by atoms with Gasteiger partial charge in [-0.05, 0) is 38.0 Å². The molecule has 2 rings (SSSR count). The van der Waals surface area contributed by atoms with E-state index in [-0.39, 0.29) is 18.6 Å². The number of fused-ring (bicyclic) bond motifs is 1. The van der Waals surface area contributed by atoms with E-state index in [1.807, 2.05) is 35.7 Å². The van der Waals surface area contributed by atoms with Crippen LogP contribution in [0.25, 0.3) is 11.7 Å². The number of hydrogen-bond donors (Lipinski definition) is 2. The number of imidazole rings is 1. The van der Waals surface area contributed by atoms with Crippen LogP contribution in [0.4, 0.5) is 0 Å². The van der Waals surface area contributed by atoms with Gasteiger partial charge in [0, 0.05) is 24.9 Å². The van der Waals surface area contributed by atoms with Crippen LogP contribution in [0.1, 0.15) is 25.5 Å². The van der Waals surface area contributed by atoms with Crippen LogP contribution in [0.3, 0.4) is 0 Å². The van der Waals surface area contributed by atoms with E-state index in [1.165, 1.54) is 6.08 Å². The fourth-order valence-corrected chi connectivity index (χ4v) is 2.29. The molecule has 0 aromatic carbocycles. The molecule has 2 aromatic rings. The SMILES string of the molecule is CC(CCCO)NC(=O)/C=C/c1c(Cl)nc2ccccn12. The average molecular weight is 308 g/mol. The van der Waals surface area contributed by atoms with Crippen LogP contribution >= 0.6 is 11.6 Å². The highest BCUT2D eigenvalue weighted by Crippen LogP contribution is 2.18. The molecule has 0 aliphatic heterocycles. The van der Waals surface area contributed by atoms with Crippen molar-refractivity contribution in [1.82, 2.24) is 14.7 Å². The van der Waals surface area contributed by atoms with Crippen molar-refractivity contribution in [2.45, 2.75) is 25.8 Å². The van der Waals surface area contributed by atoms with Crippen molar-refractivity contribution in [3.05, 3.63) is 41.3 Å². The smallest absolute Gasteiger partial charge is 0.244 e. The third-order valence-electron chi connectivity index (χ3n) is 3.10. The molecule has 21 heavy (non-hydrogen) atoms. The number of aliphatic hydroxyl groups is 1. The fraction of sp³-hybridized carbons (Fsp3) is 0.333. The Morgan fingerprint density at radius 2 is 2.38 bits per heavy atom. The molecular formula is C15H18ClN3O2. The number of aromatic nitrogens is 2. The number of carbonyl (C=O) groups is 1. The van der Waals surface area contributed by atoms with E-state index in [1.54, 1.807) is 6.08 Å². The van der Waals surface area contributed by atoms with Crippen molar-refractivity contribution >= 4 is 29.2 Å². The third-order valence-corrected chi connectivity index (χ3v) is 3.38. The van der Waals surface area contributed by atoms with Gasteiger partial charge in [0.2, 0.25) is 5.91 Å². The summed E-state index contributed by atoms with van der Waals surface area (Å²) in [4.78, 5) is 16.0. The Labute approximate surface area is 128 Å². The average Bonchev–Trinajstić information content (AvgIpc) is 2.78. The first-order valence-corrected chi connectivity index (χ1v) is 7.21. The Morgan fingerprint density at radius 1 is 1.57 bits per heavy atom. The molecular weight excluding hydrogens is 290 g/mol. The van der Waals surface area contributed by atoms with Crippen molar-refractivity contribution in [2.75, 3.05) is 6.61 Å². The van der Waals surface area contributed by atoms with E-state index in [4.69, 9.17) is 16.7 Å². The molecule has 1 unspecified atom stereocenters. The van der Waals surface area contributed by atoms with Crippen LogP contribution in [-0.4, -0.2) is 33.0 Å². The maximum Gasteiger partial charge on any atom is 0.244 e. The number of hydrogen-bond acceptors (Lipinski definition) is 3. The van der Waals surface area contributed by atoms with Crippen LogP contribution in [0, 0.1) is 0 Å². The summed E-state index contributed by atoms with van der Waals surface area (Å²) in [6.45, 7) is 2.04. The van der Waals surface area contributed by atoms with Crippen molar-refractivity contribution in [1.29, 1.82) is 0 Å². The lowest BCUT2D eigenvalue weighted by molar-refractivity contribution is -0.117. The minimum atomic E-state index is -0.192. The predicted octanol–water partition coefficient (Wildman–Crippen LogP) is 2.28. The van der Waals surface area contributed by atoms with Crippen molar-refractivity contribution in [3.8, 4) is 0 Å². The maximum atomic E-state index is 11.8. The lowest BCUT2D eigenvalue weighted by Crippen LogP contribution is -2.31. The summed E-state index contributed by atoms with van der Waals surface area (Å²) >= 11 is 6.08. The monoisotopic (exact) mass is 307 g/mol. The molecule has 0 aliphatic carbocycles. The summed E-state index contributed by atoms with van der Waals surface area (Å²) < 4.78 is 1.82. The Kier molecular flexibility index (Phi) is 5.36. The zero-order valence-electron chi connectivity index (χ0n) is 11.8. The van der Waals surface area contributed by atoms with Gasteiger partial charge in [-0.25, -0.2) is 4.98 Å². The van der Waals surface area contributed by atoms with Gasteiger partial charge in [0.25, 0.3) is 0 Å². The van der Waals surface area contributed by atoms with Crippen molar-refractivity contribution in [2.24, 2.45) is 0 Å². The van der Waals surface area contributed by atoms with Gasteiger partial charge < -0.3 is 10.4 Å². The van der Waals surface area contributed by atoms with Gasteiger partial charge in [0.05, 0.1) is 5.69 Å². The molecule has 6 heteroatoms. The van der Waals surface area contributed by atoms with Gasteiger partial charge in [0.1, 0.15) is 5.65 Å². The molecule has 2 heterocycles. The van der Waals surface area contributed by atoms with Gasteiger partial charge in [-0.15, -0.1) is 0 Å². The van der Waals surface area contributed by atoms with E-state index >= 15 is 0 Å². The quantitative estimate of drug-likeness (QED) is 0.805. The topological polar surface area (TPSA) is 66.6 Å². The molecule has 0 bridgehead atoms. The van der Waals surface area contributed by atoms with Crippen LogP contribution in [0.15, 0.2) is 30.5 Å². The van der Waals surface area contributed by atoms with Gasteiger partial charge in [0.15, 0.2) is 5.15 Å². The number of aliphatic hydroxyl groups excluding tert-OH is 1. The fourth-order valence-electron chi connectivity index (χ4n) is 2.05. The molecule has 2 aromatic heterocycles. The van der Waals surface area contributed by atoms with Crippen molar-refractivity contribution < 1.29 is 9.90 Å². The summed E-state index contributed by atoms with van der Waals surface area (Å²) in [5.41, 5.74) is 1.41. The molecule has 0 saturated carbocycles. The van der Waals surface area contributed by atoms with Crippen molar-refractivity contribution in [3.63, 3.8) is 0 Å². The van der Waals surface area contributed by atoms with Gasteiger partial charge >= 0.3 is 0 Å². The summed E-state index contributed by atoms with van der Waals surface area (Å²) in [6, 6.07) is 5.62. The lowest BCUT2D eigenvalue weighted by Gasteiger charge is -2.10. The zero-order chi connectivity index (χ0) is 15.2. The first-order valence-electron chi connectivity index (χ1n) is 6.84. The number of carbonyl (C=O) groups excluding carboxylic acids is 1. The maximum absolute atomic E-state index is 11.8. The highest BCUT2D eigenvalue weighted by Gasteiger charge is 2.08. The molecule has 1 amide bonds. The van der Waals surface area contributed by atoms with E-state index in [0.29, 0.717) is 17.3 Å². The minimum absolute atomic E-state index is 0.0203. The highest BCUT2D eigenvalue weighted by atomic mass is 35.5. The summed E-state index contributed by atoms with van der Waals surface area (Å²) in [5.74, 6) is -0.192.